The largest absolute Gasteiger partial charge is 0.505 e. The van der Waals surface area contributed by atoms with Crippen LogP contribution in [0.3, 0.4) is 0 Å². The van der Waals surface area contributed by atoms with Crippen LogP contribution in [0.15, 0.2) is 77.9 Å². The van der Waals surface area contributed by atoms with E-state index in [0.717, 1.165) is 33.3 Å². The van der Waals surface area contributed by atoms with Crippen molar-refractivity contribution in [1.82, 2.24) is 20.4 Å². The van der Waals surface area contributed by atoms with Gasteiger partial charge in [-0.25, -0.2) is 4.98 Å². The monoisotopic (exact) mass is 412 g/mol. The average molecular weight is 412 g/mol. The summed E-state index contributed by atoms with van der Waals surface area (Å²) >= 11 is 0. The van der Waals surface area contributed by atoms with Crippen molar-refractivity contribution >= 4 is 22.8 Å². The van der Waals surface area contributed by atoms with E-state index in [-0.39, 0.29) is 5.76 Å². The number of H-pyrrole nitrogens is 1. The van der Waals surface area contributed by atoms with Crippen LogP contribution < -0.4 is 11.2 Å². The van der Waals surface area contributed by atoms with Gasteiger partial charge in [-0.05, 0) is 36.2 Å². The van der Waals surface area contributed by atoms with E-state index in [9.17, 15) is 5.11 Å². The fourth-order valence-electron chi connectivity index (χ4n) is 3.16. The third-order valence-corrected chi connectivity index (χ3v) is 4.84. The Morgan fingerprint density at radius 1 is 1.16 bits per heavy atom. The minimum atomic E-state index is 0.000596. The molecule has 7 heteroatoms. The van der Waals surface area contributed by atoms with Gasteiger partial charge in [0.15, 0.2) is 0 Å². The smallest absolute Gasteiger partial charge is 0.147 e. The molecule has 0 atom stereocenters. The van der Waals surface area contributed by atoms with Crippen LogP contribution in [0.5, 0.6) is 0 Å². The predicted molar refractivity (Wildman–Crippen MR) is 123 cm³/mol. The normalized spacial score (nSPS) is 12.3. The van der Waals surface area contributed by atoms with Gasteiger partial charge in [0.25, 0.3) is 0 Å². The number of allylic oxidation sites excluding steroid dienone is 1. The highest BCUT2D eigenvalue weighted by Crippen LogP contribution is 2.17. The molecule has 156 valence electrons. The number of rotatable bonds is 7. The second-order valence-electron chi connectivity index (χ2n) is 7.23. The van der Waals surface area contributed by atoms with Crippen molar-refractivity contribution < 1.29 is 5.11 Å². The number of pyridine rings is 1. The summed E-state index contributed by atoms with van der Waals surface area (Å²) in [6.07, 6.45) is 5.07. The third kappa shape index (κ3) is 4.96. The lowest BCUT2D eigenvalue weighted by molar-refractivity contribution is 0.447. The highest BCUT2D eigenvalue weighted by Gasteiger charge is 2.11. The number of fused-ring (bicyclic) bond motifs is 1. The molecule has 5 N–H and O–H groups in total. The number of aromatic amines is 1. The Hall–Kier alpha value is -3.97. The summed E-state index contributed by atoms with van der Waals surface area (Å²) in [5.74, 6) is 0.536. The Balaban J connectivity index is 1.64. The molecule has 0 saturated carbocycles. The van der Waals surface area contributed by atoms with Crippen LogP contribution in [0.25, 0.3) is 17.1 Å². The van der Waals surface area contributed by atoms with E-state index in [2.05, 4.69) is 25.5 Å². The lowest BCUT2D eigenvalue weighted by Gasteiger charge is -2.08. The van der Waals surface area contributed by atoms with Crippen LogP contribution in [0, 0.1) is 6.92 Å². The highest BCUT2D eigenvalue weighted by molar-refractivity contribution is 6.13. The van der Waals surface area contributed by atoms with Gasteiger partial charge in [-0.15, -0.1) is 0 Å². The van der Waals surface area contributed by atoms with Crippen LogP contribution in [-0.2, 0) is 13.1 Å². The molecule has 0 aliphatic heterocycles. The van der Waals surface area contributed by atoms with Crippen molar-refractivity contribution in [2.24, 2.45) is 10.8 Å². The van der Waals surface area contributed by atoms with Gasteiger partial charge in [-0.1, -0.05) is 42.0 Å². The molecule has 2 aromatic heterocycles. The van der Waals surface area contributed by atoms with Crippen LogP contribution >= 0.6 is 0 Å². The second-order valence-corrected chi connectivity index (χ2v) is 7.23. The van der Waals surface area contributed by atoms with E-state index in [1.54, 1.807) is 18.5 Å². The zero-order valence-electron chi connectivity index (χ0n) is 17.2. The number of aromatic nitrogens is 3. The Bertz CT molecular complexity index is 1230. The first-order valence-electron chi connectivity index (χ1n) is 9.98. The number of aliphatic hydroxyl groups is 1. The summed E-state index contributed by atoms with van der Waals surface area (Å²) in [5.41, 5.74) is 14.8. The number of aliphatic hydroxyl groups excluding tert-OH is 1. The fourth-order valence-corrected chi connectivity index (χ4v) is 3.16. The molecule has 0 amide bonds. The van der Waals surface area contributed by atoms with Crippen LogP contribution in [0.1, 0.15) is 28.1 Å². The Labute approximate surface area is 180 Å². The molecule has 0 aliphatic carbocycles. The minimum absolute atomic E-state index is 0.000596. The summed E-state index contributed by atoms with van der Waals surface area (Å²) < 4.78 is 0. The average Bonchev–Trinajstić information content (AvgIpc) is 3.19. The second kappa shape index (κ2) is 9.23. The number of hydrogen-bond donors (Lipinski definition) is 4. The molecule has 2 aromatic carbocycles. The molecule has 0 aliphatic rings. The van der Waals surface area contributed by atoms with Crippen LogP contribution in [-0.4, -0.2) is 25.8 Å². The maximum absolute atomic E-state index is 10.9. The minimum Gasteiger partial charge on any atom is -0.505 e. The zero-order chi connectivity index (χ0) is 21.6. The molecule has 0 saturated heterocycles. The van der Waals surface area contributed by atoms with Gasteiger partial charge in [0.1, 0.15) is 17.3 Å². The predicted octanol–water partition coefficient (Wildman–Crippen LogP) is 3.82. The topological polar surface area (TPSA) is 112 Å². The van der Waals surface area contributed by atoms with Gasteiger partial charge in [-0.3, -0.25) is 4.98 Å². The molecule has 4 rings (SSSR count). The Morgan fingerprint density at radius 3 is 2.74 bits per heavy atom. The SMILES string of the molecule is Cc1ccc(C(=N/NCc2cccnc2)/C(O)=C/c2nc3ccc(CN)cc3[nH]2)cc1. The first-order valence-corrected chi connectivity index (χ1v) is 9.98. The van der Waals surface area contributed by atoms with E-state index in [0.29, 0.717) is 24.6 Å². The number of benzene rings is 2. The van der Waals surface area contributed by atoms with E-state index < -0.39 is 0 Å². The van der Waals surface area contributed by atoms with E-state index in [1.807, 2.05) is 61.5 Å². The Kier molecular flexibility index (Phi) is 6.05. The summed E-state index contributed by atoms with van der Waals surface area (Å²) in [6, 6.07) is 17.5. The van der Waals surface area contributed by atoms with Gasteiger partial charge >= 0.3 is 0 Å². The number of aryl methyl sites for hydroxylation is 1. The van der Waals surface area contributed by atoms with Crippen molar-refractivity contribution in [3.63, 3.8) is 0 Å². The van der Waals surface area contributed by atoms with Crippen molar-refractivity contribution in [1.29, 1.82) is 0 Å². The fraction of sp³-hybridized carbons (Fsp3) is 0.125. The van der Waals surface area contributed by atoms with E-state index in [4.69, 9.17) is 5.73 Å². The molecule has 2 heterocycles. The van der Waals surface area contributed by atoms with Crippen molar-refractivity contribution in [3.05, 3.63) is 101 Å². The molecule has 0 radical (unpaired) electrons. The summed E-state index contributed by atoms with van der Waals surface area (Å²) in [6.45, 7) is 2.96. The van der Waals surface area contributed by atoms with Gasteiger partial charge in [0, 0.05) is 30.6 Å². The van der Waals surface area contributed by atoms with Crippen molar-refractivity contribution in [2.45, 2.75) is 20.0 Å². The molecular formula is C24H24N6O. The number of hydrazone groups is 1. The first kappa shape index (κ1) is 20.3. The first-order chi connectivity index (χ1) is 15.1. The number of nitrogens with two attached hydrogens (primary N) is 1. The highest BCUT2D eigenvalue weighted by atomic mass is 16.3. The van der Waals surface area contributed by atoms with Gasteiger partial charge in [0.2, 0.25) is 0 Å². The molecule has 0 fully saturated rings. The van der Waals surface area contributed by atoms with E-state index in [1.165, 1.54) is 0 Å². The molecule has 0 bridgehead atoms. The van der Waals surface area contributed by atoms with Gasteiger partial charge in [0.05, 0.1) is 17.6 Å². The third-order valence-electron chi connectivity index (χ3n) is 4.84. The van der Waals surface area contributed by atoms with E-state index >= 15 is 0 Å². The standard InChI is InChI=1S/C24H24N6O/c1-16-4-7-19(8-5-16)24(30-27-15-18-3-2-10-26-14-18)22(31)12-23-28-20-9-6-17(13-25)11-21(20)29-23/h2-12,14,27,31H,13,15,25H2,1H3,(H,28,29)/b22-12-,30-24-. The summed E-state index contributed by atoms with van der Waals surface area (Å²) in [4.78, 5) is 11.8. The summed E-state index contributed by atoms with van der Waals surface area (Å²) in [7, 11) is 0. The number of imidazole rings is 1. The molecule has 4 aromatic rings. The van der Waals surface area contributed by atoms with Crippen LogP contribution in [0.2, 0.25) is 0 Å². The molecule has 0 unspecified atom stereocenters. The lowest BCUT2D eigenvalue weighted by atomic mass is 10.1. The van der Waals surface area contributed by atoms with Crippen molar-refractivity contribution in [3.8, 4) is 0 Å². The molecule has 31 heavy (non-hydrogen) atoms. The number of nitrogens with zero attached hydrogens (tertiary/aromatic N) is 3. The molecular weight excluding hydrogens is 388 g/mol. The summed E-state index contributed by atoms with van der Waals surface area (Å²) in [5, 5.41) is 15.4. The maximum Gasteiger partial charge on any atom is 0.147 e. The molecule has 7 nitrogen and oxygen atoms in total. The zero-order valence-corrected chi connectivity index (χ0v) is 17.2. The number of hydrogen-bond acceptors (Lipinski definition) is 6. The van der Waals surface area contributed by atoms with Crippen molar-refractivity contribution in [2.75, 3.05) is 0 Å². The van der Waals surface area contributed by atoms with Gasteiger partial charge in [-0.2, -0.15) is 5.10 Å². The number of nitrogens with one attached hydrogen (secondary N) is 2. The van der Waals surface area contributed by atoms with Gasteiger partial charge < -0.3 is 21.2 Å². The van der Waals surface area contributed by atoms with Crippen LogP contribution in [0.4, 0.5) is 0 Å². The lowest BCUT2D eigenvalue weighted by Crippen LogP contribution is -2.13. The Morgan fingerprint density at radius 2 is 2.00 bits per heavy atom. The quantitative estimate of drug-likeness (QED) is 0.209. The maximum atomic E-state index is 10.9. The molecule has 0 spiro atoms.